The minimum atomic E-state index is 0.730. The molecule has 0 saturated heterocycles. The third-order valence-electron chi connectivity index (χ3n) is 4.13. The molecule has 104 valence electrons. The number of likely N-dealkylation sites (N-methyl/N-ethyl adjacent to an activating group) is 1. The van der Waals surface area contributed by atoms with Crippen LogP contribution in [0.25, 0.3) is 0 Å². The second kappa shape index (κ2) is 6.29. The van der Waals surface area contributed by atoms with Crippen LogP contribution in [-0.4, -0.2) is 42.4 Å². The van der Waals surface area contributed by atoms with Gasteiger partial charge in [-0.3, -0.25) is 4.90 Å². The lowest BCUT2D eigenvalue weighted by atomic mass is 10.1. The molecule has 0 spiro atoms. The minimum Gasteiger partial charge on any atom is -0.314 e. The summed E-state index contributed by atoms with van der Waals surface area (Å²) in [7, 11) is 0. The van der Waals surface area contributed by atoms with Crippen molar-refractivity contribution in [1.82, 2.24) is 10.2 Å². The van der Waals surface area contributed by atoms with Crippen molar-refractivity contribution >= 4 is 11.8 Å². The van der Waals surface area contributed by atoms with Crippen LogP contribution >= 0.6 is 11.8 Å². The van der Waals surface area contributed by atoms with Crippen molar-refractivity contribution in [2.24, 2.45) is 0 Å². The average molecular weight is 276 g/mol. The van der Waals surface area contributed by atoms with Crippen LogP contribution in [-0.2, 0) is 6.42 Å². The van der Waals surface area contributed by atoms with Gasteiger partial charge < -0.3 is 5.32 Å². The Hall–Kier alpha value is -0.510. The third-order valence-corrected chi connectivity index (χ3v) is 5.45. The standard InChI is InChI=1S/C16H24N2S/c1-2-18(14-7-8-14)10-9-17-12-15-11-13-5-3-4-6-16(13)19-15/h3-6,14-15,17H,2,7-12H2,1H3. The highest BCUT2D eigenvalue weighted by Crippen LogP contribution is 2.36. The van der Waals surface area contributed by atoms with Gasteiger partial charge in [0.2, 0.25) is 0 Å². The van der Waals surface area contributed by atoms with Crippen molar-refractivity contribution < 1.29 is 0 Å². The third kappa shape index (κ3) is 3.53. The number of fused-ring (bicyclic) bond motifs is 1. The van der Waals surface area contributed by atoms with Gasteiger partial charge >= 0.3 is 0 Å². The maximum atomic E-state index is 3.65. The van der Waals surface area contributed by atoms with Crippen LogP contribution in [0.1, 0.15) is 25.3 Å². The van der Waals surface area contributed by atoms with Gasteiger partial charge in [-0.15, -0.1) is 11.8 Å². The SMILES string of the molecule is CCN(CCNCC1Cc2ccccc2S1)C1CC1. The van der Waals surface area contributed by atoms with E-state index < -0.39 is 0 Å². The van der Waals surface area contributed by atoms with E-state index in [-0.39, 0.29) is 0 Å². The molecule has 0 aromatic heterocycles. The van der Waals surface area contributed by atoms with E-state index in [4.69, 9.17) is 0 Å². The normalized spacial score (nSPS) is 21.9. The number of nitrogens with zero attached hydrogens (tertiary/aromatic N) is 1. The first kappa shape index (κ1) is 13.5. The molecule has 19 heavy (non-hydrogen) atoms. The van der Waals surface area contributed by atoms with Crippen molar-refractivity contribution in [1.29, 1.82) is 0 Å². The summed E-state index contributed by atoms with van der Waals surface area (Å²) < 4.78 is 0. The lowest BCUT2D eigenvalue weighted by molar-refractivity contribution is 0.277. The Bertz CT molecular complexity index is 392. The lowest BCUT2D eigenvalue weighted by Gasteiger charge is -2.20. The number of benzene rings is 1. The summed E-state index contributed by atoms with van der Waals surface area (Å²) >= 11 is 2.04. The van der Waals surface area contributed by atoms with E-state index >= 15 is 0 Å². The topological polar surface area (TPSA) is 15.3 Å². The maximum Gasteiger partial charge on any atom is 0.0260 e. The largest absolute Gasteiger partial charge is 0.314 e. The van der Waals surface area contributed by atoms with E-state index in [2.05, 4.69) is 41.4 Å². The molecular formula is C16H24N2S. The number of hydrogen-bond acceptors (Lipinski definition) is 3. The lowest BCUT2D eigenvalue weighted by Crippen LogP contribution is -2.35. The van der Waals surface area contributed by atoms with Gasteiger partial charge in [-0.05, 0) is 37.4 Å². The highest BCUT2D eigenvalue weighted by Gasteiger charge is 2.27. The molecule has 1 aromatic carbocycles. The molecule has 1 aliphatic carbocycles. The predicted molar refractivity (Wildman–Crippen MR) is 82.9 cm³/mol. The van der Waals surface area contributed by atoms with E-state index in [1.807, 2.05) is 11.8 Å². The second-order valence-corrected chi connectivity index (χ2v) is 6.96. The van der Waals surface area contributed by atoms with E-state index in [1.54, 1.807) is 0 Å². The maximum absolute atomic E-state index is 3.65. The van der Waals surface area contributed by atoms with E-state index in [0.29, 0.717) is 0 Å². The molecule has 1 heterocycles. The summed E-state index contributed by atoms with van der Waals surface area (Å²) in [5.74, 6) is 0. The molecule has 1 fully saturated rings. The average Bonchev–Trinajstić information content (AvgIpc) is 3.18. The molecule has 0 amide bonds. The van der Waals surface area contributed by atoms with Gasteiger partial charge in [0.15, 0.2) is 0 Å². The van der Waals surface area contributed by atoms with Crippen LogP contribution in [0.4, 0.5) is 0 Å². The zero-order valence-electron chi connectivity index (χ0n) is 11.8. The van der Waals surface area contributed by atoms with Gasteiger partial charge in [0.05, 0.1) is 0 Å². The van der Waals surface area contributed by atoms with Crippen molar-refractivity contribution in [2.75, 3.05) is 26.2 Å². The van der Waals surface area contributed by atoms with Gasteiger partial charge in [-0.1, -0.05) is 25.1 Å². The Morgan fingerprint density at radius 2 is 2.16 bits per heavy atom. The molecule has 1 N–H and O–H groups in total. The number of hydrogen-bond donors (Lipinski definition) is 1. The predicted octanol–water partition coefficient (Wildman–Crippen LogP) is 2.78. The number of nitrogens with one attached hydrogen (secondary N) is 1. The molecule has 2 aliphatic rings. The van der Waals surface area contributed by atoms with Gasteiger partial charge in [0, 0.05) is 35.8 Å². The van der Waals surface area contributed by atoms with Crippen molar-refractivity contribution in [3.63, 3.8) is 0 Å². The number of rotatable bonds is 7. The van der Waals surface area contributed by atoms with Crippen LogP contribution in [0, 0.1) is 0 Å². The zero-order valence-corrected chi connectivity index (χ0v) is 12.6. The van der Waals surface area contributed by atoms with Crippen LogP contribution < -0.4 is 5.32 Å². The summed E-state index contributed by atoms with van der Waals surface area (Å²) in [6.45, 7) is 6.97. The zero-order chi connectivity index (χ0) is 13.1. The monoisotopic (exact) mass is 276 g/mol. The van der Waals surface area contributed by atoms with E-state index in [9.17, 15) is 0 Å². The van der Waals surface area contributed by atoms with Gasteiger partial charge in [0.25, 0.3) is 0 Å². The van der Waals surface area contributed by atoms with Crippen LogP contribution in [0.15, 0.2) is 29.2 Å². The molecule has 1 saturated carbocycles. The van der Waals surface area contributed by atoms with Crippen molar-refractivity contribution in [3.8, 4) is 0 Å². The van der Waals surface area contributed by atoms with E-state index in [1.165, 1.54) is 42.8 Å². The fraction of sp³-hybridized carbons (Fsp3) is 0.625. The Balaban J connectivity index is 1.35. The van der Waals surface area contributed by atoms with Crippen LogP contribution in [0.5, 0.6) is 0 Å². The highest BCUT2D eigenvalue weighted by molar-refractivity contribution is 8.00. The first-order valence-corrected chi connectivity index (χ1v) is 8.44. The van der Waals surface area contributed by atoms with Crippen LogP contribution in [0.3, 0.4) is 0 Å². The fourth-order valence-electron chi connectivity index (χ4n) is 2.89. The molecule has 0 radical (unpaired) electrons. The molecule has 1 unspecified atom stereocenters. The quantitative estimate of drug-likeness (QED) is 0.771. The van der Waals surface area contributed by atoms with Gasteiger partial charge in [-0.25, -0.2) is 0 Å². The van der Waals surface area contributed by atoms with E-state index in [0.717, 1.165) is 24.4 Å². The van der Waals surface area contributed by atoms with Gasteiger partial charge in [0.1, 0.15) is 0 Å². The summed E-state index contributed by atoms with van der Waals surface area (Å²) in [5, 5.41) is 4.38. The molecule has 2 nitrogen and oxygen atoms in total. The smallest absolute Gasteiger partial charge is 0.0260 e. The summed E-state index contributed by atoms with van der Waals surface area (Å²) in [5.41, 5.74) is 1.53. The van der Waals surface area contributed by atoms with Crippen molar-refractivity contribution in [2.45, 2.75) is 42.4 Å². The fourth-order valence-corrected chi connectivity index (χ4v) is 4.18. The first-order valence-electron chi connectivity index (χ1n) is 7.56. The first-order chi connectivity index (χ1) is 9.36. The summed E-state index contributed by atoms with van der Waals surface area (Å²) in [6, 6.07) is 9.73. The molecule has 1 atom stereocenters. The Kier molecular flexibility index (Phi) is 4.46. The molecule has 3 rings (SSSR count). The van der Waals surface area contributed by atoms with Crippen molar-refractivity contribution in [3.05, 3.63) is 29.8 Å². The Labute approximate surface area is 121 Å². The Morgan fingerprint density at radius 3 is 2.89 bits per heavy atom. The molecule has 1 aliphatic heterocycles. The molecular weight excluding hydrogens is 252 g/mol. The molecule has 0 bridgehead atoms. The number of thioether (sulfide) groups is 1. The summed E-state index contributed by atoms with van der Waals surface area (Å²) in [6.07, 6.45) is 4.07. The summed E-state index contributed by atoms with van der Waals surface area (Å²) in [4.78, 5) is 4.10. The minimum absolute atomic E-state index is 0.730. The second-order valence-electron chi connectivity index (χ2n) is 5.62. The molecule has 1 aromatic rings. The molecule has 3 heteroatoms. The Morgan fingerprint density at radius 1 is 1.32 bits per heavy atom. The van der Waals surface area contributed by atoms with Gasteiger partial charge in [-0.2, -0.15) is 0 Å². The highest BCUT2D eigenvalue weighted by atomic mass is 32.2. The van der Waals surface area contributed by atoms with Crippen LogP contribution in [0.2, 0.25) is 0 Å².